The molecule has 2 aliphatic heterocycles. The fraction of sp³-hybridized carbons (Fsp3) is 0.429. The predicted octanol–water partition coefficient (Wildman–Crippen LogP) is 9.60. The summed E-state index contributed by atoms with van der Waals surface area (Å²) in [6.07, 6.45) is 17.5. The van der Waals surface area contributed by atoms with Crippen molar-refractivity contribution in [2.75, 3.05) is 27.3 Å². The van der Waals surface area contributed by atoms with Gasteiger partial charge < -0.3 is 39.9 Å². The van der Waals surface area contributed by atoms with Crippen LogP contribution in [-0.2, 0) is 42.7 Å². The third-order valence-corrected chi connectivity index (χ3v) is 15.6. The molecule has 0 spiro atoms. The molecule has 16 heteroatoms. The Morgan fingerprint density at radius 3 is 1.62 bits per heavy atom. The van der Waals surface area contributed by atoms with E-state index in [2.05, 4.69) is 60.4 Å². The number of alkyl carbamates (subject to hydrolysis) is 2. The summed E-state index contributed by atoms with van der Waals surface area (Å²) in [6.45, 7) is 12.4. The molecular weight excluding hydrogens is 909 g/mol. The average Bonchev–Trinajstić information content (AvgIpc) is 4.27. The Hall–Kier alpha value is -7.36. The summed E-state index contributed by atoms with van der Waals surface area (Å²) >= 11 is 0. The molecule has 4 atom stereocenters. The van der Waals surface area contributed by atoms with E-state index < -0.39 is 24.3 Å². The largest absolute Gasteiger partial charge is 0.453 e. The molecule has 4 aliphatic rings. The number of aromatic amines is 2. The SMILES string of the molecule is CC[C@@H](NC(=O)OC)C(=O)N1CCC[C@H]1c1ncc(-c2cncc(-c3c4c(c(-c5cncc(-c6cnc([C@@H]7CCCN7C(=O)C(NC(=O)OC)c7ccccc7)[nH]6)c5)c5c3C(C)(C)CC5)C(C)(C)CC4)c2)[nH]1. The number of benzene rings is 2. The molecule has 374 valence electrons. The molecule has 0 radical (unpaired) electrons. The maximum Gasteiger partial charge on any atom is 0.407 e. The number of H-pyrrole nitrogens is 2. The topological polar surface area (TPSA) is 200 Å². The van der Waals surface area contributed by atoms with Gasteiger partial charge in [0.05, 0.1) is 50.1 Å². The predicted molar refractivity (Wildman–Crippen MR) is 272 cm³/mol. The summed E-state index contributed by atoms with van der Waals surface area (Å²) in [7, 11) is 2.59. The molecule has 4 N–H and O–H groups in total. The van der Waals surface area contributed by atoms with Gasteiger partial charge in [0, 0.05) is 60.1 Å². The zero-order chi connectivity index (χ0) is 50.5. The molecule has 2 saturated heterocycles. The molecular formula is C56H64N10O6. The van der Waals surface area contributed by atoms with Crippen LogP contribution in [0, 0.1) is 0 Å². The molecule has 2 fully saturated rings. The Bertz CT molecular complexity index is 3050. The minimum absolute atomic E-state index is 0.115. The van der Waals surface area contributed by atoms with Crippen LogP contribution in [0.2, 0.25) is 0 Å². The minimum atomic E-state index is -0.907. The highest BCUT2D eigenvalue weighted by molar-refractivity contribution is 5.90. The van der Waals surface area contributed by atoms with Crippen LogP contribution >= 0.6 is 0 Å². The molecule has 16 nitrogen and oxygen atoms in total. The number of ether oxygens (including phenoxy) is 2. The zero-order valence-corrected chi connectivity index (χ0v) is 42.2. The van der Waals surface area contributed by atoms with Gasteiger partial charge in [0.15, 0.2) is 0 Å². The lowest BCUT2D eigenvalue weighted by atomic mass is 9.73. The number of nitrogens with one attached hydrogen (secondary N) is 4. The second-order valence-electron chi connectivity index (χ2n) is 21.0. The van der Waals surface area contributed by atoms with E-state index in [-0.39, 0.29) is 34.7 Å². The van der Waals surface area contributed by atoms with Crippen LogP contribution in [0.15, 0.2) is 79.6 Å². The molecule has 6 aromatic rings. The van der Waals surface area contributed by atoms with Crippen LogP contribution in [0.1, 0.15) is 137 Å². The lowest BCUT2D eigenvalue weighted by Crippen LogP contribution is -2.48. The van der Waals surface area contributed by atoms with Crippen molar-refractivity contribution in [2.24, 2.45) is 0 Å². The van der Waals surface area contributed by atoms with Gasteiger partial charge in [0.1, 0.15) is 23.7 Å². The van der Waals surface area contributed by atoms with Gasteiger partial charge in [-0.2, -0.15) is 0 Å². The van der Waals surface area contributed by atoms with Crippen molar-refractivity contribution in [1.82, 2.24) is 50.3 Å². The maximum absolute atomic E-state index is 14.2. The third-order valence-electron chi connectivity index (χ3n) is 15.6. The van der Waals surface area contributed by atoms with Crippen LogP contribution in [0.25, 0.3) is 44.8 Å². The quantitative estimate of drug-likeness (QED) is 0.0915. The van der Waals surface area contributed by atoms with Crippen molar-refractivity contribution >= 4 is 24.0 Å². The lowest BCUT2D eigenvalue weighted by Gasteiger charge is -2.30. The summed E-state index contributed by atoms with van der Waals surface area (Å²) in [5.74, 6) is 1.04. The number of rotatable bonds is 12. The van der Waals surface area contributed by atoms with Gasteiger partial charge >= 0.3 is 12.2 Å². The molecule has 4 amide bonds. The van der Waals surface area contributed by atoms with E-state index in [4.69, 9.17) is 29.4 Å². The van der Waals surface area contributed by atoms with Gasteiger partial charge in [0.25, 0.3) is 5.91 Å². The van der Waals surface area contributed by atoms with Gasteiger partial charge in [0.2, 0.25) is 5.91 Å². The average molecular weight is 973 g/mol. The van der Waals surface area contributed by atoms with Gasteiger partial charge in [-0.1, -0.05) is 65.0 Å². The number of methoxy groups -OCH3 is 2. The summed E-state index contributed by atoms with van der Waals surface area (Å²) in [5, 5.41) is 5.45. The Labute approximate surface area is 420 Å². The van der Waals surface area contributed by atoms with Crippen molar-refractivity contribution in [2.45, 2.75) is 127 Å². The smallest absolute Gasteiger partial charge is 0.407 e. The van der Waals surface area contributed by atoms with Gasteiger partial charge in [-0.15, -0.1) is 0 Å². The molecule has 6 heterocycles. The molecule has 2 aliphatic carbocycles. The van der Waals surface area contributed by atoms with Gasteiger partial charge in [-0.3, -0.25) is 19.6 Å². The molecule has 4 aromatic heterocycles. The first-order valence-corrected chi connectivity index (χ1v) is 25.3. The Morgan fingerprint density at radius 2 is 1.14 bits per heavy atom. The number of fused-ring (bicyclic) bond motifs is 2. The Kier molecular flexibility index (Phi) is 13.0. The molecule has 1 unspecified atom stereocenters. The number of pyridine rings is 2. The van der Waals surface area contributed by atoms with E-state index >= 15 is 0 Å². The number of amides is 4. The van der Waals surface area contributed by atoms with E-state index in [0.29, 0.717) is 36.7 Å². The highest BCUT2D eigenvalue weighted by Gasteiger charge is 2.44. The fourth-order valence-corrected chi connectivity index (χ4v) is 12.0. The van der Waals surface area contributed by atoms with Crippen LogP contribution in [0.3, 0.4) is 0 Å². The number of nitrogens with zero attached hydrogens (tertiary/aromatic N) is 6. The summed E-state index contributed by atoms with van der Waals surface area (Å²) in [6, 6.07) is 11.6. The van der Waals surface area contributed by atoms with Crippen molar-refractivity contribution in [1.29, 1.82) is 0 Å². The van der Waals surface area contributed by atoms with Gasteiger partial charge in [-0.05, 0) is 120 Å². The number of carbonyl (C=O) groups excluding carboxylic acids is 4. The second kappa shape index (κ2) is 19.3. The highest BCUT2D eigenvalue weighted by Crippen LogP contribution is 2.57. The summed E-state index contributed by atoms with van der Waals surface area (Å²) < 4.78 is 9.70. The van der Waals surface area contributed by atoms with E-state index in [1.165, 1.54) is 47.6 Å². The first-order chi connectivity index (χ1) is 34.7. The molecule has 2 aromatic carbocycles. The number of likely N-dealkylation sites (tertiary alicyclic amines) is 2. The second-order valence-corrected chi connectivity index (χ2v) is 21.0. The number of hydrogen-bond donors (Lipinski definition) is 4. The van der Waals surface area contributed by atoms with Crippen molar-refractivity contribution in [3.8, 4) is 44.8 Å². The number of imidazole rings is 2. The van der Waals surface area contributed by atoms with Crippen molar-refractivity contribution < 1.29 is 28.7 Å². The molecule has 10 rings (SSSR count). The zero-order valence-electron chi connectivity index (χ0n) is 42.2. The normalized spacial score (nSPS) is 19.4. The van der Waals surface area contributed by atoms with E-state index in [9.17, 15) is 19.2 Å². The van der Waals surface area contributed by atoms with Crippen LogP contribution in [0.4, 0.5) is 9.59 Å². The van der Waals surface area contributed by atoms with E-state index in [1.807, 2.05) is 84.2 Å². The molecule has 0 bridgehead atoms. The maximum atomic E-state index is 14.2. The summed E-state index contributed by atoms with van der Waals surface area (Å²) in [4.78, 5) is 82.7. The monoisotopic (exact) mass is 973 g/mol. The Balaban J connectivity index is 0.974. The van der Waals surface area contributed by atoms with Crippen molar-refractivity contribution in [3.63, 3.8) is 0 Å². The first-order valence-electron chi connectivity index (χ1n) is 25.3. The number of hydrogen-bond acceptors (Lipinski definition) is 10. The van der Waals surface area contributed by atoms with Crippen LogP contribution in [0.5, 0.6) is 0 Å². The number of carbonyl (C=O) groups is 4. The highest BCUT2D eigenvalue weighted by atomic mass is 16.5. The minimum Gasteiger partial charge on any atom is -0.453 e. The lowest BCUT2D eigenvalue weighted by molar-refractivity contribution is -0.135. The third kappa shape index (κ3) is 8.78. The van der Waals surface area contributed by atoms with Crippen LogP contribution < -0.4 is 10.6 Å². The van der Waals surface area contributed by atoms with Crippen LogP contribution in [-0.4, -0.2) is 97.1 Å². The van der Waals surface area contributed by atoms with Crippen molar-refractivity contribution in [3.05, 3.63) is 119 Å². The summed E-state index contributed by atoms with van der Waals surface area (Å²) in [5.41, 5.74) is 14.0. The standard InChI is InChI=1S/C56H64N10O6/c1-8-39(63-53(69)71-6)51(67)65-22-12-16-42(65)49-59-30-40(61-49)33-24-35(28-57-26-33)44-37-18-20-56(4,5)47(37)45(38-19-21-55(2,3)46(38)44)36-25-34(27-58-29-36)41-31-60-50(62-41)43-17-13-23-66(43)52(68)48(64-54(70)72-7)32-14-10-9-11-15-32/h9-11,14-15,24-31,39,42-43,48H,8,12-13,16-23H2,1-7H3,(H,59,61)(H,60,62)(H,63,69)(H,64,70)/t39-,42+,43+,48?/m1/s1. The Morgan fingerprint density at radius 1 is 0.667 bits per heavy atom. The first kappa shape index (κ1) is 48.3. The number of aromatic nitrogens is 6. The molecule has 0 saturated carbocycles. The fourth-order valence-electron chi connectivity index (χ4n) is 12.0. The van der Waals surface area contributed by atoms with Gasteiger partial charge in [-0.25, -0.2) is 19.6 Å². The molecule has 72 heavy (non-hydrogen) atoms. The van der Waals surface area contributed by atoms with E-state index in [1.54, 1.807) is 0 Å². The van der Waals surface area contributed by atoms with E-state index in [0.717, 1.165) is 85.0 Å².